The first kappa shape index (κ1) is 15.7. The first-order valence-corrected chi connectivity index (χ1v) is 9.93. The molecule has 0 nitrogen and oxygen atoms in total. The molecule has 1 spiro atoms. The minimum Gasteiger partial charge on any atom is -0.0871 e. The highest BCUT2D eigenvalue weighted by molar-refractivity contribution is 5.96. The van der Waals surface area contributed by atoms with Crippen molar-refractivity contribution in [2.75, 3.05) is 0 Å². The van der Waals surface area contributed by atoms with E-state index >= 15 is 0 Å². The molecule has 132 valence electrons. The SMILES string of the molecule is C/C=C/c1cccc2c1C1(c3ccccc3-c3ccccc31)c1ccccc1-2. The Morgan fingerprint density at radius 3 is 1.54 bits per heavy atom. The predicted octanol–water partition coefficient (Wildman–Crippen LogP) is 7.06. The molecule has 0 radical (unpaired) electrons. The highest BCUT2D eigenvalue weighted by Crippen LogP contribution is 2.63. The van der Waals surface area contributed by atoms with E-state index in [-0.39, 0.29) is 5.41 Å². The number of benzene rings is 4. The summed E-state index contributed by atoms with van der Waals surface area (Å²) < 4.78 is 0. The van der Waals surface area contributed by atoms with Gasteiger partial charge in [-0.05, 0) is 57.0 Å². The van der Waals surface area contributed by atoms with E-state index in [2.05, 4.69) is 110 Å². The Morgan fingerprint density at radius 1 is 0.536 bits per heavy atom. The summed E-state index contributed by atoms with van der Waals surface area (Å²) in [5, 5.41) is 0. The van der Waals surface area contributed by atoms with Gasteiger partial charge in [-0.25, -0.2) is 0 Å². The van der Waals surface area contributed by atoms with Gasteiger partial charge in [0.25, 0.3) is 0 Å². The lowest BCUT2D eigenvalue weighted by atomic mass is 9.69. The average molecular weight is 356 g/mol. The van der Waals surface area contributed by atoms with Crippen LogP contribution in [0.25, 0.3) is 28.3 Å². The third-order valence-electron chi connectivity index (χ3n) is 6.39. The monoisotopic (exact) mass is 356 g/mol. The predicted molar refractivity (Wildman–Crippen MR) is 117 cm³/mol. The van der Waals surface area contributed by atoms with Crippen LogP contribution in [0.4, 0.5) is 0 Å². The zero-order valence-corrected chi connectivity index (χ0v) is 15.8. The summed E-state index contributed by atoms with van der Waals surface area (Å²) in [4.78, 5) is 0. The van der Waals surface area contributed by atoms with Gasteiger partial charge in [0.15, 0.2) is 0 Å². The molecule has 0 amide bonds. The highest BCUT2D eigenvalue weighted by atomic mass is 14.5. The number of fused-ring (bicyclic) bond motifs is 10. The molecule has 0 saturated carbocycles. The average Bonchev–Trinajstić information content (AvgIpc) is 3.22. The molecule has 6 rings (SSSR count). The third kappa shape index (κ3) is 1.71. The second-order valence-electron chi connectivity index (χ2n) is 7.66. The van der Waals surface area contributed by atoms with Gasteiger partial charge in [0.1, 0.15) is 0 Å². The molecule has 0 aliphatic heterocycles. The molecule has 0 aromatic heterocycles. The fourth-order valence-electron chi connectivity index (χ4n) is 5.51. The van der Waals surface area contributed by atoms with E-state index in [0.29, 0.717) is 0 Å². The fourth-order valence-corrected chi connectivity index (χ4v) is 5.51. The molecule has 0 atom stereocenters. The molecule has 2 aliphatic carbocycles. The van der Waals surface area contributed by atoms with Crippen LogP contribution in [-0.4, -0.2) is 0 Å². The van der Waals surface area contributed by atoms with Crippen LogP contribution in [0, 0.1) is 0 Å². The van der Waals surface area contributed by atoms with E-state index in [4.69, 9.17) is 0 Å². The Morgan fingerprint density at radius 2 is 1.00 bits per heavy atom. The van der Waals surface area contributed by atoms with E-state index in [0.717, 1.165) is 0 Å². The van der Waals surface area contributed by atoms with Gasteiger partial charge in [-0.15, -0.1) is 0 Å². The minimum absolute atomic E-state index is 0.241. The smallest absolute Gasteiger partial charge is 0.0731 e. The zero-order chi connectivity index (χ0) is 18.7. The Hall–Kier alpha value is -3.38. The molecule has 4 aromatic rings. The standard InChI is InChI=1S/C28H20/c1-2-10-19-11-9-15-23-22-14-5-8-18-26(22)28(27(19)23)24-16-6-3-12-20(24)21-13-4-7-17-25(21)28/h2-18H,1H3/b10-2+. The summed E-state index contributed by atoms with van der Waals surface area (Å²) in [5.41, 5.74) is 12.1. The van der Waals surface area contributed by atoms with Crippen molar-refractivity contribution in [1.29, 1.82) is 0 Å². The van der Waals surface area contributed by atoms with Crippen LogP contribution in [-0.2, 0) is 5.41 Å². The van der Waals surface area contributed by atoms with Crippen LogP contribution < -0.4 is 0 Å². The molecule has 0 heterocycles. The van der Waals surface area contributed by atoms with Crippen molar-refractivity contribution < 1.29 is 0 Å². The Bertz CT molecular complexity index is 1210. The van der Waals surface area contributed by atoms with Crippen LogP contribution in [0.3, 0.4) is 0 Å². The Kier molecular flexibility index (Phi) is 3.11. The van der Waals surface area contributed by atoms with Crippen LogP contribution in [0.2, 0.25) is 0 Å². The first-order chi connectivity index (χ1) is 13.9. The lowest BCUT2D eigenvalue weighted by Crippen LogP contribution is -2.26. The van der Waals surface area contributed by atoms with E-state index in [9.17, 15) is 0 Å². The van der Waals surface area contributed by atoms with E-state index in [1.807, 2.05) is 0 Å². The van der Waals surface area contributed by atoms with Crippen LogP contribution in [0.15, 0.2) is 97.1 Å². The van der Waals surface area contributed by atoms with Crippen LogP contribution >= 0.6 is 0 Å². The fraction of sp³-hybridized carbons (Fsp3) is 0.0714. The highest BCUT2D eigenvalue weighted by Gasteiger charge is 2.52. The van der Waals surface area contributed by atoms with E-state index in [1.54, 1.807) is 0 Å². The van der Waals surface area contributed by atoms with Crippen molar-refractivity contribution in [3.8, 4) is 22.3 Å². The summed E-state index contributed by atoms with van der Waals surface area (Å²) in [5.74, 6) is 0. The topological polar surface area (TPSA) is 0 Å². The summed E-state index contributed by atoms with van der Waals surface area (Å²) in [6.45, 7) is 2.10. The molecular formula is C28H20. The van der Waals surface area contributed by atoms with Gasteiger partial charge < -0.3 is 0 Å². The van der Waals surface area contributed by atoms with Crippen molar-refractivity contribution in [2.45, 2.75) is 12.3 Å². The first-order valence-electron chi connectivity index (χ1n) is 9.93. The summed E-state index contributed by atoms with van der Waals surface area (Å²) in [6.07, 6.45) is 4.41. The van der Waals surface area contributed by atoms with Crippen LogP contribution in [0.5, 0.6) is 0 Å². The van der Waals surface area contributed by atoms with Gasteiger partial charge in [0, 0.05) is 0 Å². The molecule has 0 fully saturated rings. The molecule has 4 aromatic carbocycles. The number of allylic oxidation sites excluding steroid dienone is 1. The zero-order valence-electron chi connectivity index (χ0n) is 15.8. The number of hydrogen-bond acceptors (Lipinski definition) is 0. The van der Waals surface area contributed by atoms with Gasteiger partial charge in [0.05, 0.1) is 5.41 Å². The lowest BCUT2D eigenvalue weighted by molar-refractivity contribution is 0.791. The van der Waals surface area contributed by atoms with Crippen molar-refractivity contribution in [1.82, 2.24) is 0 Å². The van der Waals surface area contributed by atoms with Crippen molar-refractivity contribution in [2.24, 2.45) is 0 Å². The molecule has 0 unspecified atom stereocenters. The molecule has 0 N–H and O–H groups in total. The number of hydrogen-bond donors (Lipinski definition) is 0. The normalized spacial score (nSPS) is 14.8. The molecule has 0 saturated heterocycles. The van der Waals surface area contributed by atoms with Crippen molar-refractivity contribution >= 4 is 6.08 Å². The second-order valence-corrected chi connectivity index (χ2v) is 7.66. The maximum Gasteiger partial charge on any atom is 0.0731 e. The summed E-state index contributed by atoms with van der Waals surface area (Å²) in [7, 11) is 0. The molecular weight excluding hydrogens is 336 g/mol. The second kappa shape index (κ2) is 5.56. The third-order valence-corrected chi connectivity index (χ3v) is 6.39. The molecule has 28 heavy (non-hydrogen) atoms. The Balaban J connectivity index is 1.88. The van der Waals surface area contributed by atoms with Gasteiger partial charge in [-0.1, -0.05) is 103 Å². The van der Waals surface area contributed by atoms with Crippen molar-refractivity contribution in [3.63, 3.8) is 0 Å². The maximum absolute atomic E-state index is 2.33. The van der Waals surface area contributed by atoms with Crippen LogP contribution in [0.1, 0.15) is 34.7 Å². The minimum atomic E-state index is -0.241. The molecule has 0 heteroatoms. The van der Waals surface area contributed by atoms with E-state index < -0.39 is 0 Å². The van der Waals surface area contributed by atoms with E-state index in [1.165, 1.54) is 50.1 Å². The quantitative estimate of drug-likeness (QED) is 0.296. The number of rotatable bonds is 1. The Labute approximate surface area is 165 Å². The van der Waals surface area contributed by atoms with Gasteiger partial charge in [0.2, 0.25) is 0 Å². The summed E-state index contributed by atoms with van der Waals surface area (Å²) in [6, 6.07) is 33.6. The van der Waals surface area contributed by atoms with Gasteiger partial charge in [-0.2, -0.15) is 0 Å². The lowest BCUT2D eigenvalue weighted by Gasteiger charge is -2.31. The largest absolute Gasteiger partial charge is 0.0871 e. The van der Waals surface area contributed by atoms with Gasteiger partial charge >= 0.3 is 0 Å². The molecule has 0 bridgehead atoms. The maximum atomic E-state index is 2.33. The molecule has 2 aliphatic rings. The van der Waals surface area contributed by atoms with Crippen molar-refractivity contribution in [3.05, 3.63) is 125 Å². The van der Waals surface area contributed by atoms with Gasteiger partial charge in [-0.3, -0.25) is 0 Å². The summed E-state index contributed by atoms with van der Waals surface area (Å²) >= 11 is 0.